The number of carbonyl (C=O) groups is 2. The molecule has 5 rings (SSSR count). The number of fused-ring (bicyclic) bond motifs is 3. The largest absolute Gasteiger partial charge is 0.495 e. The molecule has 3 heterocycles. The number of carbonyl (C=O) groups excluding carboxylic acids is 2. The second kappa shape index (κ2) is 8.29. The zero-order chi connectivity index (χ0) is 24.0. The molecule has 0 fully saturated rings. The number of rotatable bonds is 5. The number of aryl methyl sites for hydroxylation is 1. The Bertz CT molecular complexity index is 1410. The first-order chi connectivity index (χ1) is 16.3. The Morgan fingerprint density at radius 3 is 2.68 bits per heavy atom. The molecule has 174 valence electrons. The van der Waals surface area contributed by atoms with E-state index in [1.165, 1.54) is 12.1 Å². The van der Waals surface area contributed by atoms with Crippen molar-refractivity contribution in [2.75, 3.05) is 12.0 Å². The van der Waals surface area contributed by atoms with Crippen molar-refractivity contribution in [2.45, 2.75) is 32.5 Å². The highest BCUT2D eigenvalue weighted by molar-refractivity contribution is 7.16. The van der Waals surface area contributed by atoms with Crippen molar-refractivity contribution >= 4 is 39.1 Å². The summed E-state index contributed by atoms with van der Waals surface area (Å²) in [6, 6.07) is 15.4. The van der Waals surface area contributed by atoms with Gasteiger partial charge in [-0.3, -0.25) is 14.5 Å². The van der Waals surface area contributed by atoms with Crippen LogP contribution in [-0.2, 0) is 17.9 Å². The quantitative estimate of drug-likeness (QED) is 0.445. The molecule has 0 aliphatic carbocycles. The average molecular weight is 478 g/mol. The lowest BCUT2D eigenvalue weighted by molar-refractivity contribution is -0.126. The van der Waals surface area contributed by atoms with Gasteiger partial charge < -0.3 is 14.6 Å². The van der Waals surface area contributed by atoms with E-state index in [1.807, 2.05) is 41.1 Å². The summed E-state index contributed by atoms with van der Waals surface area (Å²) in [5.41, 5.74) is 1.56. The minimum atomic E-state index is -1.23. The maximum Gasteiger partial charge on any atom is 0.276 e. The molecule has 2 aromatic heterocycles. The van der Waals surface area contributed by atoms with Crippen molar-refractivity contribution in [3.63, 3.8) is 0 Å². The molecule has 0 unspecified atom stereocenters. The predicted molar refractivity (Wildman–Crippen MR) is 131 cm³/mol. The van der Waals surface area contributed by atoms with Crippen molar-refractivity contribution < 1.29 is 18.7 Å². The van der Waals surface area contributed by atoms with Gasteiger partial charge in [0, 0.05) is 11.9 Å². The Morgan fingerprint density at radius 2 is 1.94 bits per heavy atom. The number of hydrogen-bond donors (Lipinski definition) is 1. The normalized spacial score (nSPS) is 17.6. The summed E-state index contributed by atoms with van der Waals surface area (Å²) in [5.74, 6) is -0.396. The third-order valence-electron chi connectivity index (χ3n) is 6.31. The fraction of sp³-hybridized carbons (Fsp3) is 0.231. The lowest BCUT2D eigenvalue weighted by Crippen LogP contribution is -2.64. The van der Waals surface area contributed by atoms with Crippen LogP contribution < -0.4 is 15.0 Å². The van der Waals surface area contributed by atoms with Gasteiger partial charge >= 0.3 is 0 Å². The number of anilines is 1. The Morgan fingerprint density at radius 1 is 1.18 bits per heavy atom. The lowest BCUT2D eigenvalue weighted by Gasteiger charge is -2.44. The molecule has 6 nitrogen and oxygen atoms in total. The Labute approximate surface area is 200 Å². The molecule has 2 aromatic carbocycles. The summed E-state index contributed by atoms with van der Waals surface area (Å²) in [5, 5.41) is 5.91. The third-order valence-corrected chi connectivity index (χ3v) is 7.27. The van der Waals surface area contributed by atoms with Crippen LogP contribution in [0.1, 0.15) is 28.5 Å². The number of nitrogens with zero attached hydrogens (tertiary/aromatic N) is 2. The van der Waals surface area contributed by atoms with E-state index < -0.39 is 5.54 Å². The highest BCUT2D eigenvalue weighted by Gasteiger charge is 2.49. The summed E-state index contributed by atoms with van der Waals surface area (Å²) in [4.78, 5) is 30.2. The molecule has 1 aliphatic rings. The predicted octanol–water partition coefficient (Wildman–Crippen LogP) is 4.89. The molecule has 0 radical (unpaired) electrons. The number of halogens is 1. The van der Waals surface area contributed by atoms with Crippen LogP contribution in [0, 0.1) is 12.7 Å². The summed E-state index contributed by atoms with van der Waals surface area (Å²) >= 11 is 1.54. The Kier molecular flexibility index (Phi) is 5.40. The van der Waals surface area contributed by atoms with E-state index in [9.17, 15) is 14.0 Å². The van der Waals surface area contributed by atoms with Crippen LogP contribution >= 0.6 is 11.3 Å². The number of methoxy groups -OCH3 is 1. The standard InChI is InChI=1S/C26H24FN3O3S/c1-16-4-9-22(33-3)20(12-16)30-23(31)21-13-18-10-11-34-24(18)29(21)15-26(30,2)25(32)28-14-17-5-7-19(27)8-6-17/h4-13H,14-15H2,1-3H3,(H,28,32)/t26-/m0/s1. The molecule has 1 atom stereocenters. The second-order valence-electron chi connectivity index (χ2n) is 8.70. The highest BCUT2D eigenvalue weighted by Crippen LogP contribution is 2.41. The minimum Gasteiger partial charge on any atom is -0.495 e. The van der Waals surface area contributed by atoms with E-state index >= 15 is 0 Å². The van der Waals surface area contributed by atoms with Crippen LogP contribution in [-0.4, -0.2) is 29.0 Å². The number of amides is 2. The van der Waals surface area contributed by atoms with Crippen LogP contribution in [0.5, 0.6) is 5.75 Å². The maximum atomic E-state index is 13.9. The van der Waals surface area contributed by atoms with Crippen LogP contribution in [0.25, 0.3) is 10.2 Å². The van der Waals surface area contributed by atoms with Gasteiger partial charge in [0.1, 0.15) is 27.6 Å². The average Bonchev–Trinajstić information content (AvgIpc) is 3.41. The first kappa shape index (κ1) is 22.2. The van der Waals surface area contributed by atoms with E-state index in [0.29, 0.717) is 17.1 Å². The molecule has 0 bridgehead atoms. The topological polar surface area (TPSA) is 63.6 Å². The maximum absolute atomic E-state index is 13.9. The van der Waals surface area contributed by atoms with Gasteiger partial charge in [-0.2, -0.15) is 0 Å². The molecule has 0 saturated heterocycles. The molecule has 1 N–H and O–H groups in total. The zero-order valence-corrected chi connectivity index (χ0v) is 19.9. The molecule has 1 aliphatic heterocycles. The third kappa shape index (κ3) is 3.54. The summed E-state index contributed by atoms with van der Waals surface area (Å²) < 4.78 is 20.8. The van der Waals surface area contributed by atoms with Crippen molar-refractivity contribution in [3.8, 4) is 5.75 Å². The SMILES string of the molecule is COc1ccc(C)cc1N1C(=O)c2cc3ccsc3n2C[C@@]1(C)C(=O)NCc1ccc(F)cc1. The molecule has 4 aromatic rings. The molecular formula is C26H24FN3O3S. The first-order valence-corrected chi connectivity index (χ1v) is 11.8. The number of benzene rings is 2. The fourth-order valence-corrected chi connectivity index (χ4v) is 5.42. The van der Waals surface area contributed by atoms with E-state index in [2.05, 4.69) is 5.32 Å². The van der Waals surface area contributed by atoms with Crippen LogP contribution in [0.3, 0.4) is 0 Å². The highest BCUT2D eigenvalue weighted by atomic mass is 32.1. The fourth-order valence-electron chi connectivity index (χ4n) is 4.52. The van der Waals surface area contributed by atoms with Gasteiger partial charge in [-0.15, -0.1) is 11.3 Å². The second-order valence-corrected chi connectivity index (χ2v) is 9.59. The molecule has 2 amide bonds. The Hall–Kier alpha value is -3.65. The van der Waals surface area contributed by atoms with Gasteiger partial charge in [-0.25, -0.2) is 4.39 Å². The summed E-state index contributed by atoms with van der Waals surface area (Å²) in [7, 11) is 1.55. The van der Waals surface area contributed by atoms with Gasteiger partial charge in [0.05, 0.1) is 19.3 Å². The minimum absolute atomic E-state index is 0.217. The van der Waals surface area contributed by atoms with E-state index in [4.69, 9.17) is 4.74 Å². The lowest BCUT2D eigenvalue weighted by atomic mass is 9.93. The number of ether oxygens (including phenoxy) is 1. The number of aromatic nitrogens is 1. The number of thiophene rings is 1. The van der Waals surface area contributed by atoms with Crippen LogP contribution in [0.2, 0.25) is 0 Å². The van der Waals surface area contributed by atoms with Gasteiger partial charge in [0.2, 0.25) is 5.91 Å². The summed E-state index contributed by atoms with van der Waals surface area (Å²) in [6.45, 7) is 4.20. The van der Waals surface area contributed by atoms with E-state index in [-0.39, 0.29) is 30.7 Å². The van der Waals surface area contributed by atoms with Crippen LogP contribution in [0.4, 0.5) is 10.1 Å². The van der Waals surface area contributed by atoms with Crippen molar-refractivity contribution in [1.82, 2.24) is 9.88 Å². The molecular weight excluding hydrogens is 453 g/mol. The van der Waals surface area contributed by atoms with E-state index in [1.54, 1.807) is 48.5 Å². The monoisotopic (exact) mass is 477 g/mol. The van der Waals surface area contributed by atoms with Crippen molar-refractivity contribution in [2.24, 2.45) is 0 Å². The van der Waals surface area contributed by atoms with E-state index in [0.717, 1.165) is 21.3 Å². The van der Waals surface area contributed by atoms with Crippen molar-refractivity contribution in [1.29, 1.82) is 0 Å². The van der Waals surface area contributed by atoms with Crippen molar-refractivity contribution in [3.05, 3.63) is 82.6 Å². The van der Waals surface area contributed by atoms with Gasteiger partial charge in [-0.05, 0) is 66.8 Å². The van der Waals surface area contributed by atoms with Gasteiger partial charge in [0.25, 0.3) is 5.91 Å². The molecule has 34 heavy (non-hydrogen) atoms. The zero-order valence-electron chi connectivity index (χ0n) is 19.1. The molecule has 0 spiro atoms. The smallest absolute Gasteiger partial charge is 0.276 e. The first-order valence-electron chi connectivity index (χ1n) is 10.9. The molecule has 0 saturated carbocycles. The molecule has 8 heteroatoms. The van der Waals surface area contributed by atoms with Crippen LogP contribution in [0.15, 0.2) is 60.0 Å². The Balaban J connectivity index is 1.60. The van der Waals surface area contributed by atoms with Gasteiger partial charge in [0.15, 0.2) is 0 Å². The number of nitrogens with one attached hydrogen (secondary N) is 1. The van der Waals surface area contributed by atoms with Gasteiger partial charge in [-0.1, -0.05) is 18.2 Å². The summed E-state index contributed by atoms with van der Waals surface area (Å²) in [6.07, 6.45) is 0. The number of hydrogen-bond acceptors (Lipinski definition) is 4.